The van der Waals surface area contributed by atoms with E-state index in [1.807, 2.05) is 68.2 Å². The number of rotatable bonds is 10. The second kappa shape index (κ2) is 20.7. The van der Waals surface area contributed by atoms with E-state index in [4.69, 9.17) is 0 Å². The van der Waals surface area contributed by atoms with E-state index in [2.05, 4.69) is 54.8 Å². The number of carbonyl (C=O) groups excluding carboxylic acids is 1. The molecule has 3 aromatic rings. The van der Waals surface area contributed by atoms with Gasteiger partial charge in [-0.05, 0) is 81.6 Å². The summed E-state index contributed by atoms with van der Waals surface area (Å²) in [6.45, 7) is 18.4. The smallest absolute Gasteiger partial charge is 0.226 e. The van der Waals surface area contributed by atoms with Crippen molar-refractivity contribution in [2.45, 2.75) is 78.0 Å². The van der Waals surface area contributed by atoms with E-state index in [1.54, 1.807) is 35.0 Å². The van der Waals surface area contributed by atoms with Gasteiger partial charge in [0.05, 0.1) is 11.6 Å². The number of nitrogens with zero attached hydrogens (tertiary/aromatic N) is 4. The van der Waals surface area contributed by atoms with Crippen LogP contribution in [0.1, 0.15) is 67.7 Å². The molecule has 3 aromatic heterocycles. The first kappa shape index (κ1) is 40.6. The van der Waals surface area contributed by atoms with Gasteiger partial charge >= 0.3 is 0 Å². The van der Waals surface area contributed by atoms with Gasteiger partial charge in [0, 0.05) is 42.6 Å². The minimum absolute atomic E-state index is 0.0333. The number of carbonyl (C=O) groups is 1. The van der Waals surface area contributed by atoms with Crippen LogP contribution in [0.4, 0.5) is 0 Å². The number of aromatic amines is 1. The summed E-state index contributed by atoms with van der Waals surface area (Å²) in [5, 5.41) is 6.72. The summed E-state index contributed by atoms with van der Waals surface area (Å²) in [6, 6.07) is 5.36. The Morgan fingerprint density at radius 1 is 1.17 bits per heavy atom. The summed E-state index contributed by atoms with van der Waals surface area (Å²) in [6.07, 6.45) is 13.2. The Labute approximate surface area is 291 Å². The van der Waals surface area contributed by atoms with Crippen molar-refractivity contribution in [3.63, 3.8) is 0 Å². The van der Waals surface area contributed by atoms with Gasteiger partial charge in [0.1, 0.15) is 15.1 Å². The molecule has 1 saturated heterocycles. The van der Waals surface area contributed by atoms with E-state index < -0.39 is 9.84 Å². The fraction of sp³-hybridized carbons (Fsp3) is 0.556. The predicted molar refractivity (Wildman–Crippen MR) is 202 cm³/mol. The number of likely N-dealkylation sites (tertiary alicyclic amines) is 1. The molecule has 2 atom stereocenters. The molecule has 5 rings (SSSR count). The molecule has 2 aliphatic rings. The number of piperidine rings is 1. The average Bonchev–Trinajstić information content (AvgIpc) is 3.85. The first-order chi connectivity index (χ1) is 22.6. The maximum absolute atomic E-state index is 12.5. The molecule has 1 amide bonds. The Kier molecular flexibility index (Phi) is 17.9. The molecule has 1 aliphatic carbocycles. The first-order valence-corrected chi connectivity index (χ1v) is 20.4. The van der Waals surface area contributed by atoms with Crippen LogP contribution in [-0.4, -0.2) is 91.2 Å². The minimum atomic E-state index is -3.32. The standard InChI is InChI=1S/C18H17N3O2S3.C14H28N2O.2C2H6/c1-21(12-26(22,23)17-6-3-8-24-17)14-5-2-4-13-10-16(20-15(13)11-14)18-19-7-9-25-18;1-5-16(10-8-12(2)3)14(17)13-7-6-9-15(4)11-13;2*1-2/h2-11,14,20H,12H2,1H3;12-13H,5-11H2,1-4H3;2*1-2H3. The third-order valence-electron chi connectivity index (χ3n) is 7.79. The molecule has 1 fully saturated rings. The van der Waals surface area contributed by atoms with Crippen LogP contribution in [0.25, 0.3) is 22.9 Å². The zero-order valence-corrected chi connectivity index (χ0v) is 32.4. The van der Waals surface area contributed by atoms with E-state index in [0.29, 0.717) is 16.0 Å². The van der Waals surface area contributed by atoms with Gasteiger partial charge in [0.15, 0.2) is 0 Å². The van der Waals surface area contributed by atoms with Crippen molar-refractivity contribution < 1.29 is 13.2 Å². The fourth-order valence-electron chi connectivity index (χ4n) is 5.33. The third kappa shape index (κ3) is 12.4. The van der Waals surface area contributed by atoms with Crippen LogP contribution >= 0.6 is 22.7 Å². The Morgan fingerprint density at radius 3 is 2.51 bits per heavy atom. The van der Waals surface area contributed by atoms with Crippen LogP contribution in [0.5, 0.6) is 0 Å². The highest BCUT2D eigenvalue weighted by molar-refractivity contribution is 7.93. The topological polar surface area (TPSA) is 89.6 Å². The minimum Gasteiger partial charge on any atom is -0.353 e. The zero-order chi connectivity index (χ0) is 35.0. The predicted octanol–water partition coefficient (Wildman–Crippen LogP) is 6.34. The number of nitrogens with one attached hydrogen (secondary N) is 1. The summed E-state index contributed by atoms with van der Waals surface area (Å²) in [7, 11) is 0.617. The van der Waals surface area contributed by atoms with Gasteiger partial charge in [-0.25, -0.2) is 13.4 Å². The molecular formula is C36H57N5O3S3. The Morgan fingerprint density at radius 2 is 1.91 bits per heavy atom. The Hall–Kier alpha value is -2.57. The van der Waals surface area contributed by atoms with Crippen LogP contribution in [0.15, 0.2) is 51.5 Å². The lowest BCUT2D eigenvalue weighted by Gasteiger charge is -2.33. The number of hydrogen-bond donors (Lipinski definition) is 1. The van der Waals surface area contributed by atoms with E-state index in [1.165, 1.54) is 11.3 Å². The number of fused-ring (bicyclic) bond motifs is 1. The highest BCUT2D eigenvalue weighted by Gasteiger charge is 2.27. The van der Waals surface area contributed by atoms with Gasteiger partial charge in [0.2, 0.25) is 15.7 Å². The lowest BCUT2D eigenvalue weighted by Crippen LogP contribution is -2.44. The molecule has 1 N–H and O–H groups in total. The number of hydrogen-bond acceptors (Lipinski definition) is 8. The summed E-state index contributed by atoms with van der Waals surface area (Å²) < 4.78 is 25.5. The summed E-state index contributed by atoms with van der Waals surface area (Å²) >= 11 is 2.83. The molecule has 0 radical (unpaired) electrons. The van der Waals surface area contributed by atoms with Crippen molar-refractivity contribution >= 4 is 50.6 Å². The number of thiazole rings is 1. The van der Waals surface area contributed by atoms with Crippen molar-refractivity contribution in [2.24, 2.45) is 11.8 Å². The van der Waals surface area contributed by atoms with Crippen LogP contribution in [0.3, 0.4) is 0 Å². The number of allylic oxidation sites excluding steroid dienone is 1. The van der Waals surface area contributed by atoms with Gasteiger partial charge in [-0.15, -0.1) is 22.7 Å². The van der Waals surface area contributed by atoms with Gasteiger partial charge in [-0.2, -0.15) is 0 Å². The maximum Gasteiger partial charge on any atom is 0.226 e. The van der Waals surface area contributed by atoms with Crippen molar-refractivity contribution in [3.05, 3.63) is 57.9 Å². The Bertz CT molecular complexity index is 1560. The van der Waals surface area contributed by atoms with E-state index in [9.17, 15) is 13.2 Å². The summed E-state index contributed by atoms with van der Waals surface area (Å²) in [5.41, 5.74) is 0.973. The van der Waals surface area contributed by atoms with Gasteiger partial charge in [-0.3, -0.25) is 9.69 Å². The molecule has 47 heavy (non-hydrogen) atoms. The number of sulfone groups is 1. The monoisotopic (exact) mass is 703 g/mol. The molecule has 2 unspecified atom stereocenters. The number of aromatic nitrogens is 2. The molecule has 0 bridgehead atoms. The van der Waals surface area contributed by atoms with Crippen molar-refractivity contribution in [2.75, 3.05) is 46.2 Å². The van der Waals surface area contributed by atoms with Gasteiger partial charge < -0.3 is 14.8 Å². The number of thiophene rings is 1. The molecule has 262 valence electrons. The second-order valence-corrected chi connectivity index (χ2v) is 15.8. The molecule has 8 nitrogen and oxygen atoms in total. The number of amides is 1. The highest BCUT2D eigenvalue weighted by Crippen LogP contribution is 2.21. The van der Waals surface area contributed by atoms with E-state index in [-0.39, 0.29) is 17.8 Å². The van der Waals surface area contributed by atoms with Crippen molar-refractivity contribution in [1.29, 1.82) is 0 Å². The molecule has 11 heteroatoms. The quantitative estimate of drug-likeness (QED) is 0.265. The maximum atomic E-state index is 12.5. The molecular weight excluding hydrogens is 647 g/mol. The largest absolute Gasteiger partial charge is 0.353 e. The van der Waals surface area contributed by atoms with Crippen LogP contribution in [-0.2, 0) is 14.6 Å². The lowest BCUT2D eigenvalue weighted by molar-refractivity contribution is -0.137. The second-order valence-electron chi connectivity index (χ2n) is 11.7. The zero-order valence-electron chi connectivity index (χ0n) is 29.9. The first-order valence-electron chi connectivity index (χ1n) is 17.0. The van der Waals surface area contributed by atoms with Crippen molar-refractivity contribution in [1.82, 2.24) is 24.7 Å². The van der Waals surface area contributed by atoms with Crippen LogP contribution in [0, 0.1) is 11.8 Å². The van der Waals surface area contributed by atoms with Gasteiger partial charge in [0.25, 0.3) is 0 Å². The molecule has 0 spiro atoms. The third-order valence-corrected chi connectivity index (χ3v) is 11.8. The lowest BCUT2D eigenvalue weighted by atomic mass is 9.96. The normalized spacial score (nSPS) is 17.4. The molecule has 4 heterocycles. The Balaban J connectivity index is 0.000000319. The molecule has 1 aliphatic heterocycles. The van der Waals surface area contributed by atoms with Crippen molar-refractivity contribution in [3.8, 4) is 10.7 Å². The number of likely N-dealkylation sites (N-methyl/N-ethyl adjacent to an activating group) is 1. The van der Waals surface area contributed by atoms with Gasteiger partial charge in [-0.1, -0.05) is 65.8 Å². The average molecular weight is 704 g/mol. The fourth-order valence-corrected chi connectivity index (χ4v) is 8.42. The summed E-state index contributed by atoms with van der Waals surface area (Å²) in [4.78, 5) is 26.3. The van der Waals surface area contributed by atoms with E-state index >= 15 is 0 Å². The number of H-pyrrole nitrogens is 1. The SMILES string of the molecule is CC.CC.CCN(CCC(C)C)C(=O)C1CCCN(C)C1.CN(CS(=O)(=O)c1cccs1)C1C=CC=c2cc(-c3nccs3)[nH]c2=C1. The highest BCUT2D eigenvalue weighted by atomic mass is 32.2. The summed E-state index contributed by atoms with van der Waals surface area (Å²) in [5.74, 6) is 1.25. The van der Waals surface area contributed by atoms with Crippen LogP contribution < -0.4 is 10.6 Å². The van der Waals surface area contributed by atoms with E-state index in [0.717, 1.165) is 66.7 Å². The van der Waals surface area contributed by atoms with Crippen LogP contribution in [0.2, 0.25) is 0 Å². The molecule has 0 aromatic carbocycles. The molecule has 0 saturated carbocycles.